The van der Waals surface area contributed by atoms with Crippen LogP contribution in [0.4, 0.5) is 0 Å². The number of rotatable bonds is 7. The number of nitrogens with one attached hydrogen (secondary N) is 1. The lowest BCUT2D eigenvalue weighted by atomic mass is 10.1. The monoisotopic (exact) mass is 318 g/mol. The van der Waals surface area contributed by atoms with Crippen LogP contribution >= 0.6 is 0 Å². The molecule has 1 heterocycles. The highest BCUT2D eigenvalue weighted by atomic mass is 16.5. The number of ether oxygens (including phenoxy) is 1. The Bertz CT molecular complexity index is 540. The first kappa shape index (κ1) is 17.3. The van der Waals surface area contributed by atoms with Gasteiger partial charge in [0.1, 0.15) is 5.75 Å². The van der Waals surface area contributed by atoms with Crippen molar-refractivity contribution in [2.45, 2.75) is 39.2 Å². The van der Waals surface area contributed by atoms with Gasteiger partial charge in [0.25, 0.3) is 0 Å². The fourth-order valence-electron chi connectivity index (χ4n) is 2.84. The minimum atomic E-state index is 0.0382. The Balaban J connectivity index is 1.70. The molecule has 2 amide bonds. The van der Waals surface area contributed by atoms with Gasteiger partial charge in [0.15, 0.2) is 0 Å². The molecule has 0 aromatic heterocycles. The quantitative estimate of drug-likeness (QED) is 0.836. The van der Waals surface area contributed by atoms with Crippen LogP contribution in [0.5, 0.6) is 5.75 Å². The molecule has 1 fully saturated rings. The zero-order valence-electron chi connectivity index (χ0n) is 14.2. The van der Waals surface area contributed by atoms with E-state index in [1.54, 1.807) is 7.11 Å². The molecule has 0 spiro atoms. The summed E-state index contributed by atoms with van der Waals surface area (Å²) in [5.74, 6) is 1.28. The molecule has 5 heteroatoms. The van der Waals surface area contributed by atoms with Crippen molar-refractivity contribution in [2.24, 2.45) is 5.92 Å². The third-order valence-electron chi connectivity index (χ3n) is 4.25. The number of carbonyl (C=O) groups excluding carboxylic acids is 2. The molecule has 1 unspecified atom stereocenters. The summed E-state index contributed by atoms with van der Waals surface area (Å²) >= 11 is 0. The summed E-state index contributed by atoms with van der Waals surface area (Å²) in [6, 6.07) is 7.98. The van der Waals surface area contributed by atoms with Crippen LogP contribution < -0.4 is 10.1 Å². The van der Waals surface area contributed by atoms with Crippen molar-refractivity contribution in [3.8, 4) is 5.75 Å². The first-order valence-corrected chi connectivity index (χ1v) is 8.18. The molecule has 1 saturated heterocycles. The molecule has 1 aliphatic heterocycles. The molecule has 0 aliphatic carbocycles. The Labute approximate surface area is 138 Å². The molecule has 1 N–H and O–H groups in total. The predicted octanol–water partition coefficient (Wildman–Crippen LogP) is 2.00. The minimum Gasteiger partial charge on any atom is -0.497 e. The van der Waals surface area contributed by atoms with E-state index in [-0.39, 0.29) is 23.8 Å². The Hall–Kier alpha value is -2.04. The maximum absolute atomic E-state index is 12.0. The molecule has 126 valence electrons. The predicted molar refractivity (Wildman–Crippen MR) is 89.3 cm³/mol. The Morgan fingerprint density at radius 3 is 2.61 bits per heavy atom. The molecule has 0 radical (unpaired) electrons. The maximum Gasteiger partial charge on any atom is 0.223 e. The molecule has 1 atom stereocenters. The highest BCUT2D eigenvalue weighted by Gasteiger charge is 2.30. The Kier molecular flexibility index (Phi) is 6.02. The second kappa shape index (κ2) is 7.99. The third-order valence-corrected chi connectivity index (χ3v) is 4.25. The number of likely N-dealkylation sites (tertiary alicyclic amines) is 1. The smallest absolute Gasteiger partial charge is 0.223 e. The van der Waals surface area contributed by atoms with E-state index in [0.29, 0.717) is 25.8 Å². The van der Waals surface area contributed by atoms with Crippen molar-refractivity contribution in [1.82, 2.24) is 10.2 Å². The van der Waals surface area contributed by atoms with Gasteiger partial charge in [-0.3, -0.25) is 9.59 Å². The zero-order chi connectivity index (χ0) is 16.8. The first-order valence-electron chi connectivity index (χ1n) is 8.18. The summed E-state index contributed by atoms with van der Waals surface area (Å²) in [5, 5.41) is 2.95. The number of aryl methyl sites for hydroxylation is 1. The summed E-state index contributed by atoms with van der Waals surface area (Å²) in [6.45, 7) is 5.37. The highest BCUT2D eigenvalue weighted by molar-refractivity contribution is 5.79. The van der Waals surface area contributed by atoms with E-state index in [0.717, 1.165) is 17.9 Å². The first-order chi connectivity index (χ1) is 11.0. The molecule has 5 nitrogen and oxygen atoms in total. The summed E-state index contributed by atoms with van der Waals surface area (Å²) in [5.41, 5.74) is 1.11. The number of methoxy groups -OCH3 is 1. The van der Waals surface area contributed by atoms with Gasteiger partial charge in [0.2, 0.25) is 11.8 Å². The molecule has 1 aromatic carbocycles. The van der Waals surface area contributed by atoms with E-state index in [4.69, 9.17) is 4.74 Å². The van der Waals surface area contributed by atoms with Gasteiger partial charge in [-0.2, -0.15) is 0 Å². The number of nitrogens with zero attached hydrogens (tertiary/aromatic N) is 1. The largest absolute Gasteiger partial charge is 0.497 e. The summed E-state index contributed by atoms with van der Waals surface area (Å²) in [6.07, 6.45) is 1.70. The van der Waals surface area contributed by atoms with Crippen LogP contribution in [0.25, 0.3) is 0 Å². The lowest BCUT2D eigenvalue weighted by Crippen LogP contribution is -2.34. The standard InChI is InChI=1S/C18H26N2O3/c1-13(2)20-12-15(10-18(20)22)11-19-17(21)9-6-14-4-7-16(23-3)8-5-14/h4-5,7-8,13,15H,6,9-12H2,1-3H3,(H,19,21). The van der Waals surface area contributed by atoms with Gasteiger partial charge in [-0.05, 0) is 38.0 Å². The van der Waals surface area contributed by atoms with Crippen molar-refractivity contribution in [3.63, 3.8) is 0 Å². The third kappa shape index (κ3) is 4.98. The van der Waals surface area contributed by atoms with Crippen molar-refractivity contribution < 1.29 is 14.3 Å². The second-order valence-electron chi connectivity index (χ2n) is 6.36. The maximum atomic E-state index is 12.0. The minimum absolute atomic E-state index is 0.0382. The van der Waals surface area contributed by atoms with Gasteiger partial charge in [-0.15, -0.1) is 0 Å². The van der Waals surface area contributed by atoms with E-state index >= 15 is 0 Å². The van der Waals surface area contributed by atoms with Gasteiger partial charge in [-0.1, -0.05) is 12.1 Å². The van der Waals surface area contributed by atoms with E-state index in [1.165, 1.54) is 0 Å². The molecule has 23 heavy (non-hydrogen) atoms. The number of hydrogen-bond donors (Lipinski definition) is 1. The zero-order valence-corrected chi connectivity index (χ0v) is 14.2. The van der Waals surface area contributed by atoms with Crippen LogP contribution in [0.15, 0.2) is 24.3 Å². The van der Waals surface area contributed by atoms with Crippen LogP contribution in [0.1, 0.15) is 32.3 Å². The van der Waals surface area contributed by atoms with E-state index in [1.807, 2.05) is 43.0 Å². The molecule has 1 aromatic rings. The van der Waals surface area contributed by atoms with Gasteiger partial charge >= 0.3 is 0 Å². The molecular formula is C18H26N2O3. The molecule has 2 rings (SSSR count). The Morgan fingerprint density at radius 2 is 2.04 bits per heavy atom. The fraction of sp³-hybridized carbons (Fsp3) is 0.556. The number of hydrogen-bond acceptors (Lipinski definition) is 3. The molecular weight excluding hydrogens is 292 g/mol. The van der Waals surface area contributed by atoms with Crippen molar-refractivity contribution in [3.05, 3.63) is 29.8 Å². The average molecular weight is 318 g/mol. The fourth-order valence-corrected chi connectivity index (χ4v) is 2.84. The second-order valence-corrected chi connectivity index (χ2v) is 6.36. The molecule has 0 bridgehead atoms. The normalized spacial score (nSPS) is 17.7. The topological polar surface area (TPSA) is 58.6 Å². The van der Waals surface area contributed by atoms with Gasteiger partial charge in [0.05, 0.1) is 7.11 Å². The average Bonchev–Trinajstić information content (AvgIpc) is 2.92. The Morgan fingerprint density at radius 1 is 1.35 bits per heavy atom. The summed E-state index contributed by atoms with van der Waals surface area (Å²) in [4.78, 5) is 25.7. The SMILES string of the molecule is COc1ccc(CCC(=O)NCC2CC(=O)N(C(C)C)C2)cc1. The van der Waals surface area contributed by atoms with Crippen LogP contribution in [0.2, 0.25) is 0 Å². The summed E-state index contributed by atoms with van der Waals surface area (Å²) < 4.78 is 5.11. The van der Waals surface area contributed by atoms with Crippen LogP contribution in [-0.2, 0) is 16.0 Å². The van der Waals surface area contributed by atoms with Crippen LogP contribution in [0.3, 0.4) is 0 Å². The van der Waals surface area contributed by atoms with Crippen LogP contribution in [0, 0.1) is 5.92 Å². The van der Waals surface area contributed by atoms with Crippen molar-refractivity contribution in [1.29, 1.82) is 0 Å². The van der Waals surface area contributed by atoms with Gasteiger partial charge < -0.3 is 15.0 Å². The van der Waals surface area contributed by atoms with Crippen molar-refractivity contribution >= 4 is 11.8 Å². The number of carbonyl (C=O) groups is 2. The van der Waals surface area contributed by atoms with E-state index in [2.05, 4.69) is 5.32 Å². The van der Waals surface area contributed by atoms with E-state index < -0.39 is 0 Å². The van der Waals surface area contributed by atoms with Gasteiger partial charge in [-0.25, -0.2) is 0 Å². The molecule has 1 aliphatic rings. The summed E-state index contributed by atoms with van der Waals surface area (Å²) in [7, 11) is 1.64. The van der Waals surface area contributed by atoms with Crippen LogP contribution in [-0.4, -0.2) is 43.0 Å². The highest BCUT2D eigenvalue weighted by Crippen LogP contribution is 2.19. The number of benzene rings is 1. The number of amides is 2. The van der Waals surface area contributed by atoms with Gasteiger partial charge in [0, 0.05) is 37.9 Å². The van der Waals surface area contributed by atoms with E-state index in [9.17, 15) is 9.59 Å². The lowest BCUT2D eigenvalue weighted by molar-refractivity contribution is -0.129. The molecule has 0 saturated carbocycles. The lowest BCUT2D eigenvalue weighted by Gasteiger charge is -2.21. The van der Waals surface area contributed by atoms with Crippen molar-refractivity contribution in [2.75, 3.05) is 20.2 Å².